The standard InChI is InChI=1S/C12H15ClN4/c1-8-16-11(14)12(17-8)15-7-6-9-2-4-10(13)5-3-9/h2-5,15H,6-7,14H2,1H3,(H,16,17). The van der Waals surface area contributed by atoms with Gasteiger partial charge < -0.3 is 16.0 Å². The van der Waals surface area contributed by atoms with Gasteiger partial charge >= 0.3 is 0 Å². The molecule has 0 fully saturated rings. The maximum absolute atomic E-state index is 5.82. The Morgan fingerprint density at radius 2 is 2.06 bits per heavy atom. The predicted octanol–water partition coefficient (Wildman–Crippen LogP) is 2.61. The predicted molar refractivity (Wildman–Crippen MR) is 71.4 cm³/mol. The summed E-state index contributed by atoms with van der Waals surface area (Å²) in [6, 6.07) is 7.82. The summed E-state index contributed by atoms with van der Waals surface area (Å²) >= 11 is 5.82. The summed E-state index contributed by atoms with van der Waals surface area (Å²) < 4.78 is 0. The Bertz CT molecular complexity index is 490. The second-order valence-electron chi connectivity index (χ2n) is 3.89. The van der Waals surface area contributed by atoms with E-state index in [1.54, 1.807) is 0 Å². The normalized spacial score (nSPS) is 10.5. The molecule has 0 atom stereocenters. The van der Waals surface area contributed by atoms with E-state index in [1.807, 2.05) is 31.2 Å². The molecule has 2 rings (SSSR count). The molecule has 0 bridgehead atoms. The largest absolute Gasteiger partial charge is 0.382 e. The van der Waals surface area contributed by atoms with Gasteiger partial charge in [0.05, 0.1) is 0 Å². The van der Waals surface area contributed by atoms with Crippen LogP contribution in [0.5, 0.6) is 0 Å². The van der Waals surface area contributed by atoms with Crippen molar-refractivity contribution in [1.29, 1.82) is 0 Å². The number of nitrogen functional groups attached to an aromatic ring is 1. The summed E-state index contributed by atoms with van der Waals surface area (Å²) in [5.41, 5.74) is 6.97. The molecule has 4 N–H and O–H groups in total. The fraction of sp³-hybridized carbons (Fsp3) is 0.250. The van der Waals surface area contributed by atoms with E-state index in [2.05, 4.69) is 15.3 Å². The van der Waals surface area contributed by atoms with Crippen LogP contribution in [0.15, 0.2) is 24.3 Å². The zero-order chi connectivity index (χ0) is 12.3. The fourth-order valence-corrected chi connectivity index (χ4v) is 1.75. The molecule has 4 nitrogen and oxygen atoms in total. The van der Waals surface area contributed by atoms with E-state index in [0.29, 0.717) is 5.82 Å². The molecule has 0 amide bonds. The number of aromatic nitrogens is 2. The van der Waals surface area contributed by atoms with E-state index in [0.717, 1.165) is 29.6 Å². The van der Waals surface area contributed by atoms with Crippen LogP contribution in [-0.4, -0.2) is 16.5 Å². The van der Waals surface area contributed by atoms with Crippen molar-refractivity contribution in [2.75, 3.05) is 17.6 Å². The maximum atomic E-state index is 5.82. The van der Waals surface area contributed by atoms with Gasteiger partial charge in [-0.3, -0.25) is 0 Å². The average molecular weight is 251 g/mol. The molecule has 90 valence electrons. The quantitative estimate of drug-likeness (QED) is 0.781. The number of nitrogens with one attached hydrogen (secondary N) is 2. The topological polar surface area (TPSA) is 66.7 Å². The van der Waals surface area contributed by atoms with Crippen LogP contribution in [0.3, 0.4) is 0 Å². The third-order valence-electron chi connectivity index (χ3n) is 2.47. The monoisotopic (exact) mass is 250 g/mol. The lowest BCUT2D eigenvalue weighted by atomic mass is 10.1. The Hall–Kier alpha value is -1.68. The van der Waals surface area contributed by atoms with Crippen molar-refractivity contribution in [1.82, 2.24) is 9.97 Å². The number of hydrogen-bond acceptors (Lipinski definition) is 3. The van der Waals surface area contributed by atoms with Crippen molar-refractivity contribution in [3.63, 3.8) is 0 Å². The van der Waals surface area contributed by atoms with E-state index in [9.17, 15) is 0 Å². The Morgan fingerprint density at radius 3 is 2.65 bits per heavy atom. The number of nitrogens with two attached hydrogens (primary N) is 1. The van der Waals surface area contributed by atoms with Crippen molar-refractivity contribution < 1.29 is 0 Å². The minimum Gasteiger partial charge on any atom is -0.382 e. The number of aromatic amines is 1. The minimum absolute atomic E-state index is 0.582. The van der Waals surface area contributed by atoms with Gasteiger partial charge in [0.2, 0.25) is 0 Å². The Labute approximate surface area is 105 Å². The van der Waals surface area contributed by atoms with Crippen molar-refractivity contribution in [2.24, 2.45) is 0 Å². The number of imidazole rings is 1. The van der Waals surface area contributed by atoms with Gasteiger partial charge in [0.1, 0.15) is 11.6 Å². The number of hydrogen-bond donors (Lipinski definition) is 3. The first-order chi connectivity index (χ1) is 8.15. The van der Waals surface area contributed by atoms with Gasteiger partial charge in [-0.2, -0.15) is 0 Å². The van der Waals surface area contributed by atoms with E-state index < -0.39 is 0 Å². The maximum Gasteiger partial charge on any atom is 0.168 e. The molecule has 0 aliphatic carbocycles. The molecule has 0 saturated carbocycles. The number of halogens is 1. The van der Waals surface area contributed by atoms with Crippen molar-refractivity contribution in [3.8, 4) is 0 Å². The Kier molecular flexibility index (Phi) is 3.54. The van der Waals surface area contributed by atoms with E-state index in [1.165, 1.54) is 5.56 Å². The SMILES string of the molecule is Cc1nc(NCCc2ccc(Cl)cc2)c(N)[nH]1. The zero-order valence-electron chi connectivity index (χ0n) is 9.63. The molecule has 5 heteroatoms. The number of anilines is 2. The van der Waals surface area contributed by atoms with Crippen LogP contribution in [0.25, 0.3) is 0 Å². The molecule has 1 aromatic carbocycles. The zero-order valence-corrected chi connectivity index (χ0v) is 10.4. The van der Waals surface area contributed by atoms with Crippen molar-refractivity contribution in [3.05, 3.63) is 40.7 Å². The second kappa shape index (κ2) is 5.10. The molecule has 0 unspecified atom stereocenters. The minimum atomic E-state index is 0.582. The molecule has 2 aromatic rings. The van der Waals surface area contributed by atoms with Crippen LogP contribution in [0, 0.1) is 6.92 Å². The summed E-state index contributed by atoms with van der Waals surface area (Å²) in [6.07, 6.45) is 0.905. The second-order valence-corrected chi connectivity index (χ2v) is 4.32. The van der Waals surface area contributed by atoms with Gasteiger partial charge in [0.15, 0.2) is 5.82 Å². The lowest BCUT2D eigenvalue weighted by Gasteiger charge is -2.04. The van der Waals surface area contributed by atoms with E-state index >= 15 is 0 Å². The summed E-state index contributed by atoms with van der Waals surface area (Å²) in [5, 5.41) is 3.95. The number of rotatable bonds is 4. The highest BCUT2D eigenvalue weighted by molar-refractivity contribution is 6.30. The lowest BCUT2D eigenvalue weighted by molar-refractivity contribution is 1.01. The molecular formula is C12H15ClN4. The van der Waals surface area contributed by atoms with E-state index in [-0.39, 0.29) is 0 Å². The van der Waals surface area contributed by atoms with Crippen LogP contribution in [0.2, 0.25) is 5.02 Å². The molecule has 1 aromatic heterocycles. The number of benzene rings is 1. The first-order valence-corrected chi connectivity index (χ1v) is 5.83. The molecule has 0 radical (unpaired) electrons. The highest BCUT2D eigenvalue weighted by Crippen LogP contribution is 2.14. The van der Waals surface area contributed by atoms with Crippen LogP contribution in [0.1, 0.15) is 11.4 Å². The smallest absolute Gasteiger partial charge is 0.168 e. The number of H-pyrrole nitrogens is 1. The number of aryl methyl sites for hydroxylation is 1. The van der Waals surface area contributed by atoms with Crippen LogP contribution < -0.4 is 11.1 Å². The van der Waals surface area contributed by atoms with Gasteiger partial charge in [-0.1, -0.05) is 23.7 Å². The Balaban J connectivity index is 1.87. The van der Waals surface area contributed by atoms with Crippen LogP contribution in [-0.2, 0) is 6.42 Å². The van der Waals surface area contributed by atoms with Gasteiger partial charge in [-0.15, -0.1) is 0 Å². The third-order valence-corrected chi connectivity index (χ3v) is 2.72. The number of nitrogens with zero attached hydrogens (tertiary/aromatic N) is 1. The van der Waals surface area contributed by atoms with Gasteiger partial charge in [-0.25, -0.2) is 4.98 Å². The fourth-order valence-electron chi connectivity index (χ4n) is 1.62. The van der Waals surface area contributed by atoms with Crippen molar-refractivity contribution >= 4 is 23.2 Å². The van der Waals surface area contributed by atoms with Crippen LogP contribution >= 0.6 is 11.6 Å². The average Bonchev–Trinajstić information content (AvgIpc) is 2.60. The molecule has 1 heterocycles. The molecule has 0 saturated heterocycles. The highest BCUT2D eigenvalue weighted by Gasteiger charge is 2.03. The van der Waals surface area contributed by atoms with Crippen LogP contribution in [0.4, 0.5) is 11.6 Å². The first kappa shape index (κ1) is 11.8. The molecular weight excluding hydrogens is 236 g/mol. The highest BCUT2D eigenvalue weighted by atomic mass is 35.5. The molecule has 0 spiro atoms. The Morgan fingerprint density at radius 1 is 1.35 bits per heavy atom. The molecule has 17 heavy (non-hydrogen) atoms. The third kappa shape index (κ3) is 3.14. The van der Waals surface area contributed by atoms with E-state index in [4.69, 9.17) is 17.3 Å². The molecule has 0 aliphatic rings. The lowest BCUT2D eigenvalue weighted by Crippen LogP contribution is -2.06. The summed E-state index contributed by atoms with van der Waals surface area (Å²) in [5.74, 6) is 2.12. The van der Waals surface area contributed by atoms with Gasteiger partial charge in [0, 0.05) is 11.6 Å². The van der Waals surface area contributed by atoms with Gasteiger partial charge in [0.25, 0.3) is 0 Å². The first-order valence-electron chi connectivity index (χ1n) is 5.45. The summed E-state index contributed by atoms with van der Waals surface area (Å²) in [6.45, 7) is 2.66. The summed E-state index contributed by atoms with van der Waals surface area (Å²) in [4.78, 5) is 7.19. The molecule has 0 aliphatic heterocycles. The van der Waals surface area contributed by atoms with Gasteiger partial charge in [-0.05, 0) is 31.0 Å². The summed E-state index contributed by atoms with van der Waals surface area (Å²) in [7, 11) is 0. The van der Waals surface area contributed by atoms with Crippen molar-refractivity contribution in [2.45, 2.75) is 13.3 Å².